The van der Waals surface area contributed by atoms with Crippen LogP contribution in [0.3, 0.4) is 0 Å². The highest BCUT2D eigenvalue weighted by Gasteiger charge is 2.24. The first-order chi connectivity index (χ1) is 8.57. The molecule has 1 heterocycles. The van der Waals surface area contributed by atoms with Crippen molar-refractivity contribution < 1.29 is 14.6 Å². The van der Waals surface area contributed by atoms with Crippen LogP contribution in [0.15, 0.2) is 11.6 Å². The third-order valence-electron chi connectivity index (χ3n) is 2.94. The highest BCUT2D eigenvalue weighted by atomic mass is 16.6. The van der Waals surface area contributed by atoms with E-state index in [1.807, 2.05) is 34.6 Å². The fraction of sp³-hybridized carbons (Fsp3) is 0.800. The Kier molecular flexibility index (Phi) is 5.02. The number of aliphatic hydroxyl groups is 1. The van der Waals surface area contributed by atoms with Crippen molar-refractivity contribution >= 4 is 6.09 Å². The molecule has 0 saturated carbocycles. The molecule has 1 rings (SSSR count). The summed E-state index contributed by atoms with van der Waals surface area (Å²) >= 11 is 0. The lowest BCUT2D eigenvalue weighted by Gasteiger charge is -2.31. The molecule has 1 aliphatic rings. The van der Waals surface area contributed by atoms with E-state index < -0.39 is 11.2 Å². The van der Waals surface area contributed by atoms with Crippen molar-refractivity contribution in [3.05, 3.63) is 11.6 Å². The maximum Gasteiger partial charge on any atom is 0.410 e. The molecule has 1 aliphatic heterocycles. The average Bonchev–Trinajstić information content (AvgIpc) is 2.23. The predicted octanol–water partition coefficient (Wildman–Crippen LogP) is 3.10. The second kappa shape index (κ2) is 5.95. The van der Waals surface area contributed by atoms with E-state index in [-0.39, 0.29) is 6.09 Å². The number of hydrogen-bond acceptors (Lipinski definition) is 3. The van der Waals surface area contributed by atoms with Crippen LogP contribution in [0, 0.1) is 0 Å². The molecule has 0 radical (unpaired) electrons. The Balaban J connectivity index is 2.49. The quantitative estimate of drug-likeness (QED) is 0.801. The first-order valence-electron chi connectivity index (χ1n) is 6.95. The number of rotatable bonds is 3. The van der Waals surface area contributed by atoms with Crippen molar-refractivity contribution in [1.82, 2.24) is 4.90 Å². The summed E-state index contributed by atoms with van der Waals surface area (Å²) < 4.78 is 5.38. The van der Waals surface area contributed by atoms with Crippen LogP contribution in [-0.4, -0.2) is 40.4 Å². The molecular formula is C15H27NO3. The molecule has 0 bridgehead atoms. The summed E-state index contributed by atoms with van der Waals surface area (Å²) in [5.41, 5.74) is 0.0970. The second-order valence-electron chi connectivity index (χ2n) is 6.87. The summed E-state index contributed by atoms with van der Waals surface area (Å²) in [5, 5.41) is 9.74. The number of ether oxygens (including phenoxy) is 1. The number of carbonyl (C=O) groups is 1. The number of carbonyl (C=O) groups excluding carboxylic acids is 1. The SMILES string of the molecule is CC(C)(O)CCC1=CCCN(C(=O)OC(C)(C)C)C1. The van der Waals surface area contributed by atoms with Crippen molar-refractivity contribution in [1.29, 1.82) is 0 Å². The molecule has 0 fully saturated rings. The molecule has 19 heavy (non-hydrogen) atoms. The number of hydrogen-bond donors (Lipinski definition) is 1. The predicted molar refractivity (Wildman–Crippen MR) is 76.0 cm³/mol. The van der Waals surface area contributed by atoms with Crippen LogP contribution in [0.5, 0.6) is 0 Å². The molecule has 4 heteroatoms. The first kappa shape index (κ1) is 16.0. The van der Waals surface area contributed by atoms with Crippen LogP contribution in [0.25, 0.3) is 0 Å². The minimum Gasteiger partial charge on any atom is -0.444 e. The van der Waals surface area contributed by atoms with Crippen LogP contribution in [-0.2, 0) is 4.74 Å². The van der Waals surface area contributed by atoms with Gasteiger partial charge in [0.1, 0.15) is 5.60 Å². The van der Waals surface area contributed by atoms with Gasteiger partial charge in [-0.15, -0.1) is 0 Å². The van der Waals surface area contributed by atoms with Crippen molar-refractivity contribution in [2.75, 3.05) is 13.1 Å². The summed E-state index contributed by atoms with van der Waals surface area (Å²) in [6.45, 7) is 10.6. The minimum absolute atomic E-state index is 0.249. The Morgan fingerprint density at radius 2 is 2.00 bits per heavy atom. The average molecular weight is 269 g/mol. The van der Waals surface area contributed by atoms with E-state index in [9.17, 15) is 9.90 Å². The van der Waals surface area contributed by atoms with Crippen molar-refractivity contribution in [3.8, 4) is 0 Å². The van der Waals surface area contributed by atoms with Gasteiger partial charge in [0.25, 0.3) is 0 Å². The molecule has 0 spiro atoms. The summed E-state index contributed by atoms with van der Waals surface area (Å²) in [5.74, 6) is 0. The Labute approximate surface area is 116 Å². The lowest BCUT2D eigenvalue weighted by atomic mass is 9.97. The van der Waals surface area contributed by atoms with Crippen LogP contribution in [0.2, 0.25) is 0 Å². The van der Waals surface area contributed by atoms with Crippen LogP contribution in [0.4, 0.5) is 4.79 Å². The van der Waals surface area contributed by atoms with E-state index in [0.717, 1.165) is 12.8 Å². The standard InChI is InChI=1S/C15H27NO3/c1-14(2,3)19-13(17)16-10-6-7-12(11-16)8-9-15(4,5)18/h7,18H,6,8-11H2,1-5H3. The van der Waals surface area contributed by atoms with Gasteiger partial charge in [-0.05, 0) is 53.9 Å². The zero-order valence-electron chi connectivity index (χ0n) is 12.8. The molecule has 0 aromatic heterocycles. The highest BCUT2D eigenvalue weighted by molar-refractivity contribution is 5.68. The lowest BCUT2D eigenvalue weighted by Crippen LogP contribution is -2.40. The molecule has 0 unspecified atom stereocenters. The Morgan fingerprint density at radius 1 is 1.37 bits per heavy atom. The smallest absolute Gasteiger partial charge is 0.410 e. The van der Waals surface area contributed by atoms with E-state index in [2.05, 4.69) is 6.08 Å². The van der Waals surface area contributed by atoms with E-state index in [4.69, 9.17) is 4.74 Å². The fourth-order valence-corrected chi connectivity index (χ4v) is 1.94. The molecule has 0 aromatic rings. The zero-order chi connectivity index (χ0) is 14.7. The molecule has 110 valence electrons. The maximum atomic E-state index is 12.0. The van der Waals surface area contributed by atoms with Gasteiger partial charge in [-0.3, -0.25) is 0 Å². The minimum atomic E-state index is -0.658. The van der Waals surface area contributed by atoms with Gasteiger partial charge in [0, 0.05) is 13.1 Å². The van der Waals surface area contributed by atoms with E-state index in [1.165, 1.54) is 5.57 Å². The van der Waals surface area contributed by atoms with Gasteiger partial charge < -0.3 is 14.7 Å². The third-order valence-corrected chi connectivity index (χ3v) is 2.94. The number of nitrogens with zero attached hydrogens (tertiary/aromatic N) is 1. The summed E-state index contributed by atoms with van der Waals surface area (Å²) in [7, 11) is 0. The Morgan fingerprint density at radius 3 is 2.53 bits per heavy atom. The van der Waals surface area contributed by atoms with Crippen molar-refractivity contribution in [2.24, 2.45) is 0 Å². The van der Waals surface area contributed by atoms with Gasteiger partial charge in [-0.1, -0.05) is 11.6 Å². The van der Waals surface area contributed by atoms with Crippen molar-refractivity contribution in [3.63, 3.8) is 0 Å². The largest absolute Gasteiger partial charge is 0.444 e. The Bertz CT molecular complexity index is 347. The van der Waals surface area contributed by atoms with Gasteiger partial charge >= 0.3 is 6.09 Å². The maximum absolute atomic E-state index is 12.0. The molecule has 1 amide bonds. The second-order valence-corrected chi connectivity index (χ2v) is 6.87. The van der Waals surface area contributed by atoms with Gasteiger partial charge in [-0.2, -0.15) is 0 Å². The monoisotopic (exact) mass is 269 g/mol. The van der Waals surface area contributed by atoms with Gasteiger partial charge in [0.05, 0.1) is 5.60 Å². The molecule has 0 saturated heterocycles. The van der Waals surface area contributed by atoms with Crippen LogP contribution >= 0.6 is 0 Å². The highest BCUT2D eigenvalue weighted by Crippen LogP contribution is 2.21. The molecule has 0 aliphatic carbocycles. The van der Waals surface area contributed by atoms with E-state index in [0.29, 0.717) is 19.5 Å². The first-order valence-corrected chi connectivity index (χ1v) is 6.95. The topological polar surface area (TPSA) is 49.8 Å². The van der Waals surface area contributed by atoms with Gasteiger partial charge in [0.15, 0.2) is 0 Å². The lowest BCUT2D eigenvalue weighted by molar-refractivity contribution is 0.0258. The normalized spacial score (nSPS) is 17.2. The fourth-order valence-electron chi connectivity index (χ4n) is 1.94. The molecule has 0 atom stereocenters. The Hall–Kier alpha value is -1.03. The molecule has 4 nitrogen and oxygen atoms in total. The number of amides is 1. The van der Waals surface area contributed by atoms with Crippen LogP contribution in [0.1, 0.15) is 53.9 Å². The summed E-state index contributed by atoms with van der Waals surface area (Å²) in [6.07, 6.45) is 4.32. The van der Waals surface area contributed by atoms with E-state index >= 15 is 0 Å². The van der Waals surface area contributed by atoms with Gasteiger partial charge in [0.2, 0.25) is 0 Å². The summed E-state index contributed by atoms with van der Waals surface area (Å²) in [4.78, 5) is 13.7. The zero-order valence-corrected chi connectivity index (χ0v) is 12.8. The summed E-state index contributed by atoms with van der Waals surface area (Å²) in [6, 6.07) is 0. The molecule has 1 N–H and O–H groups in total. The van der Waals surface area contributed by atoms with E-state index in [1.54, 1.807) is 4.90 Å². The van der Waals surface area contributed by atoms with Gasteiger partial charge in [-0.25, -0.2) is 4.79 Å². The third kappa shape index (κ3) is 6.62. The molecule has 0 aromatic carbocycles. The molecular weight excluding hydrogens is 242 g/mol. The van der Waals surface area contributed by atoms with Crippen LogP contribution < -0.4 is 0 Å². The van der Waals surface area contributed by atoms with Crippen molar-refractivity contribution in [2.45, 2.75) is 65.1 Å².